The molecule has 3 aromatic rings. The molecule has 2 heterocycles. The van der Waals surface area contributed by atoms with E-state index in [1.54, 1.807) is 52.3 Å². The number of nitrogens with two attached hydrogens (primary N) is 1. The molecular weight excluding hydrogens is 448 g/mol. The molecule has 0 spiro atoms. The van der Waals surface area contributed by atoms with Crippen molar-refractivity contribution < 1.29 is 19.4 Å². The SMILES string of the molecule is CCN(c1ccccc1O)c1cc(Nc2cccc(NC(=O)N3CCOCC3)c2)ncc1C(N)=O. The van der Waals surface area contributed by atoms with Gasteiger partial charge in [-0.15, -0.1) is 0 Å². The minimum atomic E-state index is -0.624. The second kappa shape index (κ2) is 10.7. The maximum absolute atomic E-state index is 12.5. The predicted molar refractivity (Wildman–Crippen MR) is 135 cm³/mol. The van der Waals surface area contributed by atoms with Gasteiger partial charge in [0.2, 0.25) is 0 Å². The summed E-state index contributed by atoms with van der Waals surface area (Å²) >= 11 is 0. The first kappa shape index (κ1) is 23.8. The molecule has 10 heteroatoms. The first-order chi connectivity index (χ1) is 17.0. The quantitative estimate of drug-likeness (QED) is 0.409. The highest BCUT2D eigenvalue weighted by Crippen LogP contribution is 2.35. The number of para-hydroxylation sites is 2. The number of carbonyl (C=O) groups excluding carboxylic acids is 2. The molecule has 0 unspecified atom stereocenters. The van der Waals surface area contributed by atoms with Crippen LogP contribution in [0.4, 0.5) is 33.4 Å². The normalized spacial score (nSPS) is 13.2. The third-order valence-corrected chi connectivity index (χ3v) is 5.61. The molecule has 1 aliphatic heterocycles. The van der Waals surface area contributed by atoms with Crippen LogP contribution in [0.25, 0.3) is 0 Å². The van der Waals surface area contributed by atoms with Crippen molar-refractivity contribution in [1.29, 1.82) is 0 Å². The van der Waals surface area contributed by atoms with Gasteiger partial charge in [-0.3, -0.25) is 4.79 Å². The van der Waals surface area contributed by atoms with Gasteiger partial charge in [0.05, 0.1) is 30.2 Å². The average Bonchev–Trinajstić information content (AvgIpc) is 2.86. The molecule has 0 bridgehead atoms. The van der Waals surface area contributed by atoms with Crippen molar-refractivity contribution in [3.63, 3.8) is 0 Å². The second-order valence-corrected chi connectivity index (χ2v) is 7.92. The second-order valence-electron chi connectivity index (χ2n) is 7.92. The number of phenolic OH excluding ortho intramolecular Hbond substituents is 1. The van der Waals surface area contributed by atoms with Crippen LogP contribution in [0.3, 0.4) is 0 Å². The van der Waals surface area contributed by atoms with E-state index in [0.29, 0.717) is 61.4 Å². The number of phenols is 1. The van der Waals surface area contributed by atoms with Crippen molar-refractivity contribution in [2.24, 2.45) is 5.73 Å². The number of urea groups is 1. The van der Waals surface area contributed by atoms with Gasteiger partial charge >= 0.3 is 6.03 Å². The lowest BCUT2D eigenvalue weighted by Crippen LogP contribution is -2.43. The number of aromatic nitrogens is 1. The topological polar surface area (TPSA) is 133 Å². The number of ether oxygens (including phenoxy) is 1. The molecule has 0 aliphatic carbocycles. The third-order valence-electron chi connectivity index (χ3n) is 5.61. The van der Waals surface area contributed by atoms with Crippen LogP contribution in [0.2, 0.25) is 0 Å². The van der Waals surface area contributed by atoms with E-state index in [9.17, 15) is 14.7 Å². The monoisotopic (exact) mass is 476 g/mol. The van der Waals surface area contributed by atoms with Crippen molar-refractivity contribution in [2.75, 3.05) is 48.4 Å². The van der Waals surface area contributed by atoms with Crippen molar-refractivity contribution in [2.45, 2.75) is 6.92 Å². The highest BCUT2D eigenvalue weighted by atomic mass is 16.5. The van der Waals surface area contributed by atoms with Crippen LogP contribution >= 0.6 is 0 Å². The standard InChI is InChI=1S/C25H28N6O4/c1-2-31(20-8-3-4-9-22(20)32)21-15-23(27-16-19(21)24(26)33)28-17-6-5-7-18(14-17)29-25(34)30-10-12-35-13-11-30/h3-9,14-16,32H,2,10-13H2,1H3,(H2,26,33)(H,27,28)(H,29,34). The van der Waals surface area contributed by atoms with E-state index < -0.39 is 5.91 Å². The molecule has 10 nitrogen and oxygen atoms in total. The van der Waals surface area contributed by atoms with Crippen LogP contribution in [-0.4, -0.2) is 59.8 Å². The van der Waals surface area contributed by atoms with Crippen LogP contribution in [0.15, 0.2) is 60.8 Å². The van der Waals surface area contributed by atoms with Gasteiger partial charge in [0.25, 0.3) is 5.91 Å². The number of anilines is 5. The number of pyridine rings is 1. The maximum Gasteiger partial charge on any atom is 0.322 e. The van der Waals surface area contributed by atoms with E-state index in [1.807, 2.05) is 19.1 Å². The number of rotatable bonds is 7. The minimum absolute atomic E-state index is 0.0832. The lowest BCUT2D eigenvalue weighted by Gasteiger charge is -2.27. The van der Waals surface area contributed by atoms with Crippen molar-refractivity contribution in [3.05, 3.63) is 66.4 Å². The average molecular weight is 477 g/mol. The number of hydrogen-bond donors (Lipinski definition) is 4. The van der Waals surface area contributed by atoms with E-state index in [0.717, 1.165) is 0 Å². The molecule has 35 heavy (non-hydrogen) atoms. The summed E-state index contributed by atoms with van der Waals surface area (Å²) in [5.41, 5.74) is 8.22. The molecule has 2 aromatic carbocycles. The number of primary amides is 1. The molecule has 5 N–H and O–H groups in total. The summed E-state index contributed by atoms with van der Waals surface area (Å²) in [5, 5.41) is 16.5. The zero-order chi connectivity index (χ0) is 24.8. The Bertz CT molecular complexity index is 1210. The molecule has 182 valence electrons. The smallest absolute Gasteiger partial charge is 0.322 e. The number of morpholine rings is 1. The Labute approximate surface area is 203 Å². The van der Waals surface area contributed by atoms with Crippen LogP contribution in [0, 0.1) is 0 Å². The van der Waals surface area contributed by atoms with Gasteiger partial charge in [0.1, 0.15) is 11.6 Å². The number of aromatic hydroxyl groups is 1. The van der Waals surface area contributed by atoms with Gasteiger partial charge in [0.15, 0.2) is 0 Å². The Hall–Kier alpha value is -4.31. The Kier molecular flexibility index (Phi) is 7.32. The molecule has 0 atom stereocenters. The fraction of sp³-hybridized carbons (Fsp3) is 0.240. The molecule has 3 amide bonds. The van der Waals surface area contributed by atoms with E-state index >= 15 is 0 Å². The maximum atomic E-state index is 12.5. The number of benzene rings is 2. The Morgan fingerprint density at radius 1 is 1.09 bits per heavy atom. The Morgan fingerprint density at radius 2 is 1.83 bits per heavy atom. The summed E-state index contributed by atoms with van der Waals surface area (Å²) in [7, 11) is 0. The van der Waals surface area contributed by atoms with Gasteiger partial charge in [-0.25, -0.2) is 9.78 Å². The summed E-state index contributed by atoms with van der Waals surface area (Å²) < 4.78 is 5.29. The molecular formula is C25H28N6O4. The summed E-state index contributed by atoms with van der Waals surface area (Å²) in [5.74, 6) is -0.0731. The van der Waals surface area contributed by atoms with Crippen LogP contribution < -0.4 is 21.3 Å². The van der Waals surface area contributed by atoms with Gasteiger partial charge in [0, 0.05) is 43.3 Å². The number of hydrogen-bond acceptors (Lipinski definition) is 7. The molecule has 1 fully saturated rings. The summed E-state index contributed by atoms with van der Waals surface area (Å²) in [6.07, 6.45) is 1.41. The van der Waals surface area contributed by atoms with Gasteiger partial charge < -0.3 is 36.0 Å². The third kappa shape index (κ3) is 5.61. The molecule has 1 aliphatic rings. The summed E-state index contributed by atoms with van der Waals surface area (Å²) in [6.45, 7) is 4.54. The number of carbonyl (C=O) groups is 2. The number of nitrogens with one attached hydrogen (secondary N) is 2. The largest absolute Gasteiger partial charge is 0.506 e. The van der Waals surface area contributed by atoms with E-state index in [1.165, 1.54) is 6.20 Å². The van der Waals surface area contributed by atoms with Gasteiger partial charge in [-0.2, -0.15) is 0 Å². The van der Waals surface area contributed by atoms with Crippen LogP contribution in [0.1, 0.15) is 17.3 Å². The molecule has 0 saturated carbocycles. The molecule has 4 rings (SSSR count). The summed E-state index contributed by atoms with van der Waals surface area (Å²) in [6, 6.07) is 15.6. The van der Waals surface area contributed by atoms with Crippen molar-refractivity contribution in [1.82, 2.24) is 9.88 Å². The molecule has 1 saturated heterocycles. The zero-order valence-electron chi connectivity index (χ0n) is 19.4. The first-order valence-electron chi connectivity index (χ1n) is 11.3. The molecule has 0 radical (unpaired) electrons. The molecule has 1 aromatic heterocycles. The fourth-order valence-corrected chi connectivity index (χ4v) is 3.88. The van der Waals surface area contributed by atoms with E-state index in [4.69, 9.17) is 10.5 Å². The lowest BCUT2D eigenvalue weighted by molar-refractivity contribution is 0.0564. The lowest BCUT2D eigenvalue weighted by atomic mass is 10.1. The zero-order valence-corrected chi connectivity index (χ0v) is 19.4. The number of amides is 3. The van der Waals surface area contributed by atoms with E-state index in [2.05, 4.69) is 15.6 Å². The summed E-state index contributed by atoms with van der Waals surface area (Å²) in [4.78, 5) is 32.5. The number of nitrogens with zero attached hydrogens (tertiary/aromatic N) is 3. The van der Waals surface area contributed by atoms with E-state index in [-0.39, 0.29) is 17.3 Å². The van der Waals surface area contributed by atoms with Gasteiger partial charge in [-0.1, -0.05) is 18.2 Å². The van der Waals surface area contributed by atoms with Gasteiger partial charge in [-0.05, 0) is 37.3 Å². The fourth-order valence-electron chi connectivity index (χ4n) is 3.88. The highest BCUT2D eigenvalue weighted by Gasteiger charge is 2.20. The first-order valence-corrected chi connectivity index (χ1v) is 11.3. The van der Waals surface area contributed by atoms with Crippen molar-refractivity contribution >= 4 is 40.5 Å². The Morgan fingerprint density at radius 3 is 2.54 bits per heavy atom. The van der Waals surface area contributed by atoms with Crippen LogP contribution in [-0.2, 0) is 4.74 Å². The highest BCUT2D eigenvalue weighted by molar-refractivity contribution is 6.00. The Balaban J connectivity index is 1.58. The minimum Gasteiger partial charge on any atom is -0.506 e. The predicted octanol–water partition coefficient (Wildman–Crippen LogP) is 3.65. The van der Waals surface area contributed by atoms with Crippen molar-refractivity contribution in [3.8, 4) is 5.75 Å². The van der Waals surface area contributed by atoms with Crippen LogP contribution in [0.5, 0.6) is 5.75 Å².